The van der Waals surface area contributed by atoms with Gasteiger partial charge in [0.1, 0.15) is 6.10 Å². The van der Waals surface area contributed by atoms with Gasteiger partial charge < -0.3 is 10.5 Å². The highest BCUT2D eigenvalue weighted by molar-refractivity contribution is 5.78. The number of hydrogen-bond donors (Lipinski definition) is 1. The van der Waals surface area contributed by atoms with E-state index < -0.39 is 0 Å². The molecular formula is C13H18N2O. The zero-order valence-corrected chi connectivity index (χ0v) is 9.81. The maximum absolute atomic E-state index is 5.77. The predicted octanol–water partition coefficient (Wildman–Crippen LogP) is 2.20. The van der Waals surface area contributed by atoms with Gasteiger partial charge in [0.2, 0.25) is 0 Å². The summed E-state index contributed by atoms with van der Waals surface area (Å²) in [7, 11) is 0. The third-order valence-corrected chi connectivity index (χ3v) is 2.66. The smallest absolute Gasteiger partial charge is 0.185 e. The molecule has 1 aliphatic rings. The third-order valence-electron chi connectivity index (χ3n) is 2.66. The summed E-state index contributed by atoms with van der Waals surface area (Å²) >= 11 is 0. The topological polar surface area (TPSA) is 47.6 Å². The zero-order valence-electron chi connectivity index (χ0n) is 9.81. The maximum Gasteiger partial charge on any atom is 0.185 e. The van der Waals surface area contributed by atoms with Gasteiger partial charge in [0.05, 0.1) is 6.54 Å². The first kappa shape index (κ1) is 11.1. The summed E-state index contributed by atoms with van der Waals surface area (Å²) in [6.45, 7) is 4.76. The highest BCUT2D eigenvalue weighted by Gasteiger charge is 2.21. The average Bonchev–Trinajstić information content (AvgIpc) is 2.66. The van der Waals surface area contributed by atoms with E-state index in [-0.39, 0.29) is 12.1 Å². The molecule has 2 atom stereocenters. The Morgan fingerprint density at radius 2 is 2.12 bits per heavy atom. The van der Waals surface area contributed by atoms with Crippen molar-refractivity contribution in [3.05, 3.63) is 35.4 Å². The molecule has 1 aliphatic heterocycles. The summed E-state index contributed by atoms with van der Waals surface area (Å²) in [6.07, 6.45) is 0.803. The van der Waals surface area contributed by atoms with Crippen molar-refractivity contribution in [3.8, 4) is 0 Å². The van der Waals surface area contributed by atoms with Gasteiger partial charge in [-0.3, -0.25) is 4.99 Å². The van der Waals surface area contributed by atoms with Crippen LogP contribution in [0.2, 0.25) is 0 Å². The molecule has 2 N–H and O–H groups in total. The fourth-order valence-corrected chi connectivity index (χ4v) is 1.77. The molecule has 0 saturated carbocycles. The molecule has 86 valence electrons. The molecule has 0 saturated heterocycles. The Hall–Kier alpha value is -1.35. The van der Waals surface area contributed by atoms with Gasteiger partial charge in [0.15, 0.2) is 5.90 Å². The standard InChI is InChI=1S/C13H18N2O/c1-9-3-5-11(6-4-9)12-8-15-13(16-12)7-10(2)14/h3-6,10,12H,7-8,14H2,1-2H3. The first-order chi connectivity index (χ1) is 7.65. The van der Waals surface area contributed by atoms with E-state index in [0.717, 1.165) is 12.3 Å². The minimum absolute atomic E-state index is 0.0781. The van der Waals surface area contributed by atoms with Gasteiger partial charge in [0.25, 0.3) is 0 Å². The molecule has 0 radical (unpaired) electrons. The van der Waals surface area contributed by atoms with Crippen molar-refractivity contribution in [1.82, 2.24) is 0 Å². The average molecular weight is 218 g/mol. The van der Waals surface area contributed by atoms with Gasteiger partial charge in [-0.05, 0) is 19.4 Å². The number of aliphatic imine (C=N–C) groups is 1. The van der Waals surface area contributed by atoms with Crippen LogP contribution in [0.5, 0.6) is 0 Å². The second-order valence-corrected chi connectivity index (χ2v) is 4.43. The van der Waals surface area contributed by atoms with Crippen LogP contribution in [0.3, 0.4) is 0 Å². The van der Waals surface area contributed by atoms with E-state index in [9.17, 15) is 0 Å². The van der Waals surface area contributed by atoms with Crippen molar-refractivity contribution in [2.75, 3.05) is 6.54 Å². The third kappa shape index (κ3) is 2.61. The quantitative estimate of drug-likeness (QED) is 0.845. The number of benzene rings is 1. The summed E-state index contributed by atoms with van der Waals surface area (Å²) in [5.74, 6) is 0.792. The Morgan fingerprint density at radius 1 is 1.44 bits per heavy atom. The summed E-state index contributed by atoms with van der Waals surface area (Å²) in [5.41, 5.74) is 8.17. The van der Waals surface area contributed by atoms with Gasteiger partial charge in [0, 0.05) is 12.5 Å². The minimum atomic E-state index is 0.0781. The van der Waals surface area contributed by atoms with E-state index in [2.05, 4.69) is 36.2 Å². The molecule has 2 unspecified atom stereocenters. The largest absolute Gasteiger partial charge is 0.471 e. The second kappa shape index (κ2) is 4.66. The van der Waals surface area contributed by atoms with Crippen molar-refractivity contribution in [2.45, 2.75) is 32.4 Å². The highest BCUT2D eigenvalue weighted by Crippen LogP contribution is 2.24. The molecule has 0 aromatic heterocycles. The van der Waals surface area contributed by atoms with Gasteiger partial charge in [-0.2, -0.15) is 0 Å². The van der Waals surface area contributed by atoms with E-state index in [1.807, 2.05) is 6.92 Å². The molecule has 0 amide bonds. The van der Waals surface area contributed by atoms with Gasteiger partial charge >= 0.3 is 0 Å². The molecule has 0 spiro atoms. The Balaban J connectivity index is 1.98. The summed E-state index contributed by atoms with van der Waals surface area (Å²) in [5, 5.41) is 0. The van der Waals surface area contributed by atoms with Crippen molar-refractivity contribution in [3.63, 3.8) is 0 Å². The Labute approximate surface area is 96.3 Å². The first-order valence-electron chi connectivity index (χ1n) is 5.67. The molecule has 1 aromatic carbocycles. The fraction of sp³-hybridized carbons (Fsp3) is 0.462. The first-order valence-corrected chi connectivity index (χ1v) is 5.67. The predicted molar refractivity (Wildman–Crippen MR) is 65.6 cm³/mol. The molecule has 0 fully saturated rings. The minimum Gasteiger partial charge on any atom is -0.471 e. The molecule has 1 aromatic rings. The lowest BCUT2D eigenvalue weighted by Gasteiger charge is -2.12. The molecule has 0 aliphatic carbocycles. The summed E-state index contributed by atoms with van der Waals surface area (Å²) < 4.78 is 5.77. The number of aryl methyl sites for hydroxylation is 1. The molecule has 2 rings (SSSR count). The Kier molecular flexibility index (Phi) is 3.25. The van der Waals surface area contributed by atoms with E-state index in [4.69, 9.17) is 10.5 Å². The lowest BCUT2D eigenvalue weighted by Crippen LogP contribution is -2.20. The van der Waals surface area contributed by atoms with E-state index in [0.29, 0.717) is 6.54 Å². The number of rotatable bonds is 3. The molecule has 1 heterocycles. The molecular weight excluding hydrogens is 200 g/mol. The molecule has 0 bridgehead atoms. The lowest BCUT2D eigenvalue weighted by atomic mass is 10.1. The second-order valence-electron chi connectivity index (χ2n) is 4.43. The monoisotopic (exact) mass is 218 g/mol. The number of nitrogens with zero attached hydrogens (tertiary/aromatic N) is 1. The molecule has 3 nitrogen and oxygen atoms in total. The van der Waals surface area contributed by atoms with Gasteiger partial charge in [-0.25, -0.2) is 0 Å². The summed E-state index contributed by atoms with van der Waals surface area (Å²) in [4.78, 5) is 4.37. The number of hydrogen-bond acceptors (Lipinski definition) is 3. The van der Waals surface area contributed by atoms with Crippen LogP contribution in [-0.2, 0) is 4.74 Å². The van der Waals surface area contributed by atoms with Crippen LogP contribution >= 0.6 is 0 Å². The number of nitrogens with two attached hydrogens (primary N) is 1. The van der Waals surface area contributed by atoms with Crippen molar-refractivity contribution < 1.29 is 4.74 Å². The molecule has 3 heteroatoms. The van der Waals surface area contributed by atoms with Gasteiger partial charge in [-0.1, -0.05) is 29.8 Å². The maximum atomic E-state index is 5.77. The van der Waals surface area contributed by atoms with E-state index >= 15 is 0 Å². The van der Waals surface area contributed by atoms with Crippen LogP contribution in [0.1, 0.15) is 30.6 Å². The van der Waals surface area contributed by atoms with Crippen LogP contribution in [-0.4, -0.2) is 18.5 Å². The lowest BCUT2D eigenvalue weighted by molar-refractivity contribution is 0.222. The normalized spacial score (nSPS) is 21.4. The van der Waals surface area contributed by atoms with Crippen LogP contribution in [0.25, 0.3) is 0 Å². The number of ether oxygens (including phenoxy) is 1. The SMILES string of the molecule is Cc1ccc(C2CN=C(CC(C)N)O2)cc1. The Morgan fingerprint density at radius 3 is 2.75 bits per heavy atom. The van der Waals surface area contributed by atoms with Crippen LogP contribution in [0.4, 0.5) is 0 Å². The molecule has 16 heavy (non-hydrogen) atoms. The van der Waals surface area contributed by atoms with Crippen LogP contribution < -0.4 is 5.73 Å². The van der Waals surface area contributed by atoms with Crippen LogP contribution in [0.15, 0.2) is 29.3 Å². The van der Waals surface area contributed by atoms with Crippen molar-refractivity contribution in [1.29, 1.82) is 0 Å². The van der Waals surface area contributed by atoms with E-state index in [1.54, 1.807) is 0 Å². The highest BCUT2D eigenvalue weighted by atomic mass is 16.5. The Bertz CT molecular complexity index is 381. The zero-order chi connectivity index (χ0) is 11.5. The van der Waals surface area contributed by atoms with E-state index in [1.165, 1.54) is 11.1 Å². The van der Waals surface area contributed by atoms with Crippen LogP contribution in [0, 0.1) is 6.92 Å². The van der Waals surface area contributed by atoms with Gasteiger partial charge in [-0.15, -0.1) is 0 Å². The fourth-order valence-electron chi connectivity index (χ4n) is 1.77. The summed E-state index contributed by atoms with van der Waals surface area (Å²) in [6, 6.07) is 8.51. The van der Waals surface area contributed by atoms with Crippen molar-refractivity contribution in [2.24, 2.45) is 10.7 Å². The van der Waals surface area contributed by atoms with Crippen molar-refractivity contribution >= 4 is 5.90 Å².